The Balaban J connectivity index is 1.87. The third-order valence-corrected chi connectivity index (χ3v) is 3.95. The third kappa shape index (κ3) is 3.96. The molecule has 0 saturated carbocycles. The number of hydrogen-bond donors (Lipinski definition) is 1. The number of nitrogens with one attached hydrogen (secondary N) is 1. The fourth-order valence-electron chi connectivity index (χ4n) is 2.77. The minimum absolute atomic E-state index is 0.462. The van der Waals surface area contributed by atoms with Crippen molar-refractivity contribution in [3.8, 4) is 0 Å². The van der Waals surface area contributed by atoms with Crippen molar-refractivity contribution >= 4 is 6.01 Å². The molecule has 2 rings (SSSR count). The van der Waals surface area contributed by atoms with Gasteiger partial charge in [0.15, 0.2) is 0 Å². The van der Waals surface area contributed by atoms with Gasteiger partial charge >= 0.3 is 0 Å². The van der Waals surface area contributed by atoms with E-state index in [1.165, 1.54) is 19.4 Å². The highest BCUT2D eigenvalue weighted by Crippen LogP contribution is 2.20. The van der Waals surface area contributed by atoms with E-state index < -0.39 is 0 Å². The molecule has 1 aliphatic rings. The van der Waals surface area contributed by atoms with Crippen molar-refractivity contribution in [2.45, 2.75) is 52.2 Å². The van der Waals surface area contributed by atoms with Crippen molar-refractivity contribution in [3.05, 3.63) is 12.0 Å². The van der Waals surface area contributed by atoms with Crippen LogP contribution in [0.15, 0.2) is 10.7 Å². The molecule has 1 atom stereocenters. The normalized spacial score (nSPS) is 19.9. The maximum Gasteiger partial charge on any atom is 0.297 e. The maximum absolute atomic E-state index is 5.59. The van der Waals surface area contributed by atoms with E-state index in [2.05, 4.69) is 47.9 Å². The second-order valence-electron chi connectivity index (χ2n) is 5.96. The van der Waals surface area contributed by atoms with Crippen molar-refractivity contribution in [1.82, 2.24) is 15.2 Å². The summed E-state index contributed by atoms with van der Waals surface area (Å²) in [5.74, 6) is 0. The number of oxazole rings is 1. The SMILES string of the molecule is CCN1CCCC1CN(C)c1nc(CNC(C)C)co1. The van der Waals surface area contributed by atoms with Crippen LogP contribution in [0.3, 0.4) is 0 Å². The molecule has 114 valence electrons. The van der Waals surface area contributed by atoms with Gasteiger partial charge in [-0.3, -0.25) is 4.90 Å². The first-order valence-corrected chi connectivity index (χ1v) is 7.73. The van der Waals surface area contributed by atoms with E-state index >= 15 is 0 Å². The van der Waals surface area contributed by atoms with E-state index in [4.69, 9.17) is 4.42 Å². The van der Waals surface area contributed by atoms with E-state index in [1.807, 2.05) is 0 Å². The molecule has 1 saturated heterocycles. The van der Waals surface area contributed by atoms with E-state index in [-0.39, 0.29) is 0 Å². The van der Waals surface area contributed by atoms with Crippen LogP contribution in [0.1, 0.15) is 39.3 Å². The van der Waals surface area contributed by atoms with Gasteiger partial charge in [-0.05, 0) is 25.9 Å². The zero-order chi connectivity index (χ0) is 14.5. The van der Waals surface area contributed by atoms with Crippen LogP contribution in [0.4, 0.5) is 6.01 Å². The molecule has 5 nitrogen and oxygen atoms in total. The van der Waals surface area contributed by atoms with Gasteiger partial charge in [0.1, 0.15) is 6.26 Å². The molecule has 0 spiro atoms. The van der Waals surface area contributed by atoms with Crippen LogP contribution in [-0.2, 0) is 6.54 Å². The monoisotopic (exact) mass is 280 g/mol. The summed E-state index contributed by atoms with van der Waals surface area (Å²) in [5.41, 5.74) is 0.972. The van der Waals surface area contributed by atoms with Crippen molar-refractivity contribution in [2.24, 2.45) is 0 Å². The number of rotatable bonds is 7. The van der Waals surface area contributed by atoms with Gasteiger partial charge in [0.05, 0.1) is 5.69 Å². The fraction of sp³-hybridized carbons (Fsp3) is 0.800. The summed E-state index contributed by atoms with van der Waals surface area (Å²) < 4.78 is 5.59. The summed E-state index contributed by atoms with van der Waals surface area (Å²) in [4.78, 5) is 9.23. The van der Waals surface area contributed by atoms with Gasteiger partial charge in [-0.1, -0.05) is 20.8 Å². The minimum Gasteiger partial charge on any atom is -0.432 e. The second-order valence-corrected chi connectivity index (χ2v) is 5.96. The Morgan fingerprint density at radius 2 is 2.35 bits per heavy atom. The van der Waals surface area contributed by atoms with E-state index in [0.717, 1.165) is 31.3 Å². The molecule has 0 radical (unpaired) electrons. The van der Waals surface area contributed by atoms with Crippen LogP contribution in [0, 0.1) is 0 Å². The highest BCUT2D eigenvalue weighted by molar-refractivity contribution is 5.26. The lowest BCUT2D eigenvalue weighted by Gasteiger charge is -2.26. The smallest absolute Gasteiger partial charge is 0.297 e. The first-order valence-electron chi connectivity index (χ1n) is 7.73. The molecule has 1 aromatic rings. The van der Waals surface area contributed by atoms with Crippen LogP contribution >= 0.6 is 0 Å². The second kappa shape index (κ2) is 7.09. The van der Waals surface area contributed by atoms with Gasteiger partial charge in [-0.25, -0.2) is 0 Å². The first kappa shape index (κ1) is 15.3. The number of hydrogen-bond acceptors (Lipinski definition) is 5. The Hall–Kier alpha value is -1.07. The molecule has 1 aliphatic heterocycles. The molecule has 0 aliphatic carbocycles. The average molecular weight is 280 g/mol. The lowest BCUT2D eigenvalue weighted by molar-refractivity contribution is 0.268. The number of likely N-dealkylation sites (N-methyl/N-ethyl adjacent to an activating group) is 2. The van der Waals surface area contributed by atoms with Gasteiger partial charge in [0.2, 0.25) is 0 Å². The van der Waals surface area contributed by atoms with Gasteiger partial charge < -0.3 is 14.6 Å². The molecule has 2 heterocycles. The summed E-state index contributed by atoms with van der Waals surface area (Å²) in [6.07, 6.45) is 4.34. The largest absolute Gasteiger partial charge is 0.432 e. The van der Waals surface area contributed by atoms with Crippen LogP contribution in [0.2, 0.25) is 0 Å². The topological polar surface area (TPSA) is 44.5 Å². The Labute approximate surface area is 122 Å². The lowest BCUT2D eigenvalue weighted by atomic mass is 10.2. The quantitative estimate of drug-likeness (QED) is 0.828. The predicted molar refractivity (Wildman–Crippen MR) is 82.0 cm³/mol. The molecule has 1 N–H and O–H groups in total. The minimum atomic E-state index is 0.462. The third-order valence-electron chi connectivity index (χ3n) is 3.95. The van der Waals surface area contributed by atoms with Crippen LogP contribution in [0.5, 0.6) is 0 Å². The summed E-state index contributed by atoms with van der Waals surface area (Å²) in [5, 5.41) is 3.35. The maximum atomic E-state index is 5.59. The number of aromatic nitrogens is 1. The Bertz CT molecular complexity index is 404. The molecular formula is C15H28N4O. The van der Waals surface area contributed by atoms with Crippen LogP contribution in [-0.4, -0.2) is 48.6 Å². The van der Waals surface area contributed by atoms with Gasteiger partial charge in [-0.2, -0.15) is 4.98 Å². The van der Waals surface area contributed by atoms with Crippen LogP contribution in [0.25, 0.3) is 0 Å². The summed E-state index contributed by atoms with van der Waals surface area (Å²) in [6, 6.07) is 1.83. The van der Waals surface area contributed by atoms with E-state index in [0.29, 0.717) is 12.1 Å². The van der Waals surface area contributed by atoms with Gasteiger partial charge in [0.25, 0.3) is 6.01 Å². The van der Waals surface area contributed by atoms with Gasteiger partial charge in [-0.15, -0.1) is 0 Å². The summed E-state index contributed by atoms with van der Waals surface area (Å²) in [7, 11) is 2.07. The molecular weight excluding hydrogens is 252 g/mol. The van der Waals surface area contributed by atoms with Crippen molar-refractivity contribution in [3.63, 3.8) is 0 Å². The number of anilines is 1. The molecule has 0 aromatic carbocycles. The van der Waals surface area contributed by atoms with Gasteiger partial charge in [0, 0.05) is 32.2 Å². The standard InChI is InChI=1S/C15H28N4O/c1-5-19-8-6-7-14(19)10-18(4)15-17-13(11-20-15)9-16-12(2)3/h11-12,14,16H,5-10H2,1-4H3. The summed E-state index contributed by atoms with van der Waals surface area (Å²) >= 11 is 0. The summed E-state index contributed by atoms with van der Waals surface area (Å²) in [6.45, 7) is 10.6. The Morgan fingerprint density at radius 3 is 3.05 bits per heavy atom. The lowest BCUT2D eigenvalue weighted by Crippen LogP contribution is -2.38. The molecule has 1 fully saturated rings. The predicted octanol–water partition coefficient (Wildman–Crippen LogP) is 2.09. The first-order chi connectivity index (χ1) is 9.60. The fourth-order valence-corrected chi connectivity index (χ4v) is 2.77. The molecule has 20 heavy (non-hydrogen) atoms. The van der Waals surface area contributed by atoms with E-state index in [1.54, 1.807) is 6.26 Å². The van der Waals surface area contributed by atoms with Crippen molar-refractivity contribution in [1.29, 1.82) is 0 Å². The number of likely N-dealkylation sites (tertiary alicyclic amines) is 1. The highest BCUT2D eigenvalue weighted by atomic mass is 16.4. The molecule has 5 heteroatoms. The zero-order valence-corrected chi connectivity index (χ0v) is 13.2. The van der Waals surface area contributed by atoms with Crippen molar-refractivity contribution < 1.29 is 4.42 Å². The Morgan fingerprint density at radius 1 is 1.55 bits per heavy atom. The number of nitrogens with zero attached hydrogens (tertiary/aromatic N) is 3. The molecule has 1 aromatic heterocycles. The zero-order valence-electron chi connectivity index (χ0n) is 13.2. The average Bonchev–Trinajstić information content (AvgIpc) is 3.04. The molecule has 0 amide bonds. The Kier molecular flexibility index (Phi) is 5.43. The molecule has 1 unspecified atom stereocenters. The van der Waals surface area contributed by atoms with Crippen molar-refractivity contribution in [2.75, 3.05) is 31.6 Å². The highest BCUT2D eigenvalue weighted by Gasteiger charge is 2.25. The molecule has 0 bridgehead atoms. The van der Waals surface area contributed by atoms with Crippen LogP contribution < -0.4 is 10.2 Å². The van der Waals surface area contributed by atoms with E-state index in [9.17, 15) is 0 Å².